The first kappa shape index (κ1) is 20.6. The number of thiocarbonyl (C=S) groups is 1. The first-order chi connectivity index (χ1) is 11.9. The van der Waals surface area contributed by atoms with Crippen molar-refractivity contribution in [2.45, 2.75) is 20.4 Å². The van der Waals surface area contributed by atoms with E-state index in [0.29, 0.717) is 35.4 Å². The van der Waals surface area contributed by atoms with Crippen LogP contribution < -0.4 is 16.8 Å². The lowest BCUT2D eigenvalue weighted by atomic mass is 10.2. The summed E-state index contributed by atoms with van der Waals surface area (Å²) in [5.41, 5.74) is 13.8. The minimum Gasteiger partial charge on any atom is -0.463 e. The van der Waals surface area contributed by atoms with Gasteiger partial charge in [0.1, 0.15) is 12.3 Å². The summed E-state index contributed by atoms with van der Waals surface area (Å²) in [6, 6.07) is 9.76. The highest BCUT2D eigenvalue weighted by Gasteiger charge is 2.11. The van der Waals surface area contributed by atoms with E-state index < -0.39 is 0 Å². The molecule has 0 radical (unpaired) electrons. The minimum atomic E-state index is -0.0218. The van der Waals surface area contributed by atoms with Gasteiger partial charge in [0, 0.05) is 12.8 Å². The molecule has 1 aromatic rings. The topological polar surface area (TPSA) is 107 Å². The second-order valence-corrected chi connectivity index (χ2v) is 5.77. The molecule has 0 aliphatic rings. The molecule has 0 amide bonds. The summed E-state index contributed by atoms with van der Waals surface area (Å²) in [5, 5.41) is 3.00. The number of hydrogen-bond donors (Lipinski definition) is 3. The largest absolute Gasteiger partial charge is 0.463 e. The molecule has 1 aromatic carbocycles. The predicted molar refractivity (Wildman–Crippen MR) is 105 cm³/mol. The molecule has 0 aromatic heterocycles. The van der Waals surface area contributed by atoms with Crippen LogP contribution in [0.1, 0.15) is 19.4 Å². The molecule has 0 atom stereocenters. The number of amidine groups is 2. The zero-order valence-corrected chi connectivity index (χ0v) is 15.6. The van der Waals surface area contributed by atoms with Crippen molar-refractivity contribution in [3.05, 3.63) is 47.3 Å². The van der Waals surface area contributed by atoms with Gasteiger partial charge in [0.15, 0.2) is 5.84 Å². The Morgan fingerprint density at radius 1 is 1.16 bits per heavy atom. The summed E-state index contributed by atoms with van der Waals surface area (Å²) in [6.07, 6.45) is 0. The normalized spacial score (nSPS) is 13.2. The third kappa shape index (κ3) is 8.27. The molecular weight excluding hydrogens is 338 g/mol. The lowest BCUT2D eigenvalue weighted by molar-refractivity contribution is 0.140. The van der Waals surface area contributed by atoms with E-state index in [4.69, 9.17) is 33.2 Å². The monoisotopic (exact) mass is 363 g/mol. The molecule has 0 aliphatic carbocycles. The smallest absolute Gasteiger partial charge is 0.288 e. The van der Waals surface area contributed by atoms with E-state index in [1.165, 1.54) is 0 Å². The molecule has 8 heteroatoms. The van der Waals surface area contributed by atoms with Gasteiger partial charge in [-0.2, -0.15) is 4.99 Å². The van der Waals surface area contributed by atoms with Crippen LogP contribution in [0.3, 0.4) is 0 Å². The van der Waals surface area contributed by atoms with Gasteiger partial charge in [-0.3, -0.25) is 4.99 Å². The summed E-state index contributed by atoms with van der Waals surface area (Å²) < 4.78 is 10.2. The van der Waals surface area contributed by atoms with Crippen molar-refractivity contribution in [1.29, 1.82) is 0 Å². The van der Waals surface area contributed by atoms with Crippen LogP contribution in [-0.2, 0) is 16.0 Å². The van der Waals surface area contributed by atoms with Gasteiger partial charge in [-0.1, -0.05) is 42.5 Å². The highest BCUT2D eigenvalue weighted by Crippen LogP contribution is 2.06. The summed E-state index contributed by atoms with van der Waals surface area (Å²) in [5.74, 6) is 0.322. The summed E-state index contributed by atoms with van der Waals surface area (Å²) >= 11 is 5.10. The molecular formula is C17H25N5O2S. The number of nitrogens with two attached hydrogens (primary N) is 2. The van der Waals surface area contributed by atoms with E-state index in [2.05, 4.69) is 15.3 Å². The van der Waals surface area contributed by atoms with Crippen LogP contribution in [0.5, 0.6) is 0 Å². The van der Waals surface area contributed by atoms with Crippen molar-refractivity contribution < 1.29 is 9.47 Å². The van der Waals surface area contributed by atoms with Gasteiger partial charge in [0.05, 0.1) is 18.1 Å². The zero-order chi connectivity index (χ0) is 18.7. The van der Waals surface area contributed by atoms with Crippen molar-refractivity contribution in [2.75, 3.05) is 20.3 Å². The van der Waals surface area contributed by atoms with E-state index in [-0.39, 0.29) is 12.6 Å². The van der Waals surface area contributed by atoms with Crippen LogP contribution in [0, 0.1) is 0 Å². The Bertz CT molecular complexity index is 652. The van der Waals surface area contributed by atoms with Crippen LogP contribution in [0.2, 0.25) is 0 Å². The van der Waals surface area contributed by atoms with Crippen LogP contribution in [0.25, 0.3) is 0 Å². The van der Waals surface area contributed by atoms with Gasteiger partial charge in [0.25, 0.3) is 6.02 Å². The number of nitrogens with one attached hydrogen (secondary N) is 1. The van der Waals surface area contributed by atoms with Crippen molar-refractivity contribution >= 4 is 29.1 Å². The molecule has 136 valence electrons. The molecule has 0 spiro atoms. The fourth-order valence-electron chi connectivity index (χ4n) is 1.79. The molecule has 0 aliphatic heterocycles. The molecule has 5 N–H and O–H groups in total. The first-order valence-corrected chi connectivity index (χ1v) is 8.13. The van der Waals surface area contributed by atoms with Crippen molar-refractivity contribution in [2.24, 2.45) is 21.5 Å². The Balaban J connectivity index is 3.09. The van der Waals surface area contributed by atoms with Gasteiger partial charge >= 0.3 is 0 Å². The van der Waals surface area contributed by atoms with Gasteiger partial charge in [0.2, 0.25) is 0 Å². The molecule has 0 heterocycles. The number of methoxy groups -OCH3 is 1. The third-order valence-electron chi connectivity index (χ3n) is 2.93. The van der Waals surface area contributed by atoms with Crippen molar-refractivity contribution in [1.82, 2.24) is 5.32 Å². The fourth-order valence-corrected chi connectivity index (χ4v) is 1.90. The number of aliphatic imine (C=N–C) groups is 2. The van der Waals surface area contributed by atoms with Crippen molar-refractivity contribution in [3.63, 3.8) is 0 Å². The summed E-state index contributed by atoms with van der Waals surface area (Å²) in [6.45, 7) is 4.59. The molecule has 7 nitrogen and oxygen atoms in total. The maximum atomic E-state index is 5.96. The maximum Gasteiger partial charge on any atom is 0.288 e. The van der Waals surface area contributed by atoms with Crippen molar-refractivity contribution in [3.8, 4) is 0 Å². The maximum absolute atomic E-state index is 5.96. The average Bonchev–Trinajstić information content (AvgIpc) is 2.57. The first-order valence-electron chi connectivity index (χ1n) is 7.72. The number of rotatable bonds is 7. The second kappa shape index (κ2) is 11.2. The Morgan fingerprint density at radius 3 is 2.40 bits per heavy atom. The van der Waals surface area contributed by atoms with Crippen LogP contribution >= 0.6 is 12.2 Å². The Hall–Kier alpha value is -2.45. The Morgan fingerprint density at radius 2 is 1.84 bits per heavy atom. The predicted octanol–water partition coefficient (Wildman–Crippen LogP) is 1.69. The summed E-state index contributed by atoms with van der Waals surface area (Å²) in [7, 11) is 1.58. The fraction of sp³-hybridized carbons (Fsp3) is 0.353. The molecule has 0 bridgehead atoms. The molecule has 1 rings (SSSR count). The van der Waals surface area contributed by atoms with E-state index >= 15 is 0 Å². The van der Waals surface area contributed by atoms with E-state index in [9.17, 15) is 0 Å². The molecule has 0 fully saturated rings. The zero-order valence-electron chi connectivity index (χ0n) is 14.8. The van der Waals surface area contributed by atoms with Gasteiger partial charge < -0.3 is 26.3 Å². The molecule has 0 unspecified atom stereocenters. The number of benzene rings is 1. The van der Waals surface area contributed by atoms with Gasteiger partial charge in [-0.15, -0.1) is 0 Å². The second-order valence-electron chi connectivity index (χ2n) is 5.16. The number of hydrogen-bond acceptors (Lipinski definition) is 5. The highest BCUT2D eigenvalue weighted by atomic mass is 32.1. The number of ether oxygens (including phenoxy) is 2. The van der Waals surface area contributed by atoms with Gasteiger partial charge in [-0.05, 0) is 19.4 Å². The van der Waals surface area contributed by atoms with E-state index in [1.807, 2.05) is 30.3 Å². The van der Waals surface area contributed by atoms with E-state index in [1.54, 1.807) is 21.0 Å². The Kier molecular flexibility index (Phi) is 9.20. The Labute approximate surface area is 153 Å². The highest BCUT2D eigenvalue weighted by molar-refractivity contribution is 7.80. The SMILES string of the molecule is COCCOC(N)=NC(=NCc1ccccc1)/C(NC(C)=S)=C(\C)N. The quantitative estimate of drug-likeness (QED) is 0.294. The summed E-state index contributed by atoms with van der Waals surface area (Å²) in [4.78, 5) is 9.30. The number of nitrogens with zero attached hydrogens (tertiary/aromatic N) is 2. The molecule has 0 saturated heterocycles. The lowest BCUT2D eigenvalue weighted by Gasteiger charge is -2.13. The van der Waals surface area contributed by atoms with Crippen LogP contribution in [0.15, 0.2) is 51.7 Å². The standard InChI is InChI=1S/C17H25N5O2S/c1-12(18)15(21-13(2)25)16(22-17(19)24-10-9-23-3)20-11-14-7-5-4-6-8-14/h4-8H,9-11,18H2,1-3H3,(H,21,25)(H2,19,20,22)/b15-12-. The number of allylic oxidation sites excluding steroid dienone is 1. The van der Waals surface area contributed by atoms with Crippen LogP contribution in [0.4, 0.5) is 0 Å². The van der Waals surface area contributed by atoms with Crippen LogP contribution in [-0.4, -0.2) is 37.2 Å². The molecule has 25 heavy (non-hydrogen) atoms. The lowest BCUT2D eigenvalue weighted by Crippen LogP contribution is -2.29. The third-order valence-corrected chi connectivity index (χ3v) is 3.03. The minimum absolute atomic E-state index is 0.0218. The molecule has 0 saturated carbocycles. The van der Waals surface area contributed by atoms with E-state index in [0.717, 1.165) is 5.56 Å². The van der Waals surface area contributed by atoms with Gasteiger partial charge in [-0.25, -0.2) is 0 Å². The average molecular weight is 363 g/mol.